The molecule has 2 rings (SSSR count). The SMILES string of the molecule is COc1cccc(CNc2nc(SC)ncc2C=O)c1. The second-order valence-electron chi connectivity index (χ2n) is 3.98. The van der Waals surface area contributed by atoms with Gasteiger partial charge in [-0.2, -0.15) is 0 Å². The van der Waals surface area contributed by atoms with E-state index in [0.29, 0.717) is 23.1 Å². The predicted octanol–water partition coefficient (Wildman–Crippen LogP) is 2.63. The molecule has 1 aromatic carbocycles. The number of hydrogen-bond donors (Lipinski definition) is 1. The number of anilines is 1. The molecule has 0 unspecified atom stereocenters. The van der Waals surface area contributed by atoms with E-state index < -0.39 is 0 Å². The maximum absolute atomic E-state index is 11.0. The highest BCUT2D eigenvalue weighted by atomic mass is 32.2. The summed E-state index contributed by atoms with van der Waals surface area (Å²) in [5.41, 5.74) is 1.50. The van der Waals surface area contributed by atoms with Crippen LogP contribution in [-0.4, -0.2) is 29.6 Å². The van der Waals surface area contributed by atoms with Crippen molar-refractivity contribution in [2.75, 3.05) is 18.7 Å². The molecule has 5 nitrogen and oxygen atoms in total. The van der Waals surface area contributed by atoms with Crippen molar-refractivity contribution in [3.8, 4) is 5.75 Å². The first-order valence-corrected chi connectivity index (χ1v) is 7.22. The number of carbonyl (C=O) groups excluding carboxylic acids is 1. The van der Waals surface area contributed by atoms with Crippen molar-refractivity contribution >= 4 is 23.9 Å². The van der Waals surface area contributed by atoms with Crippen LogP contribution in [0.5, 0.6) is 5.75 Å². The van der Waals surface area contributed by atoms with Crippen molar-refractivity contribution in [1.82, 2.24) is 9.97 Å². The molecule has 0 aliphatic heterocycles. The van der Waals surface area contributed by atoms with Crippen molar-refractivity contribution in [1.29, 1.82) is 0 Å². The first kappa shape index (κ1) is 14.3. The topological polar surface area (TPSA) is 64.1 Å². The first-order chi connectivity index (χ1) is 9.76. The average Bonchev–Trinajstić information content (AvgIpc) is 2.52. The Hall–Kier alpha value is -2.08. The van der Waals surface area contributed by atoms with Crippen LogP contribution in [0.15, 0.2) is 35.6 Å². The third-order valence-electron chi connectivity index (χ3n) is 2.70. The fourth-order valence-electron chi connectivity index (χ4n) is 1.67. The lowest BCUT2D eigenvalue weighted by Gasteiger charge is -2.09. The van der Waals surface area contributed by atoms with Crippen LogP contribution in [0.4, 0.5) is 5.82 Å². The quantitative estimate of drug-likeness (QED) is 0.501. The monoisotopic (exact) mass is 289 g/mol. The van der Waals surface area contributed by atoms with E-state index in [1.165, 1.54) is 18.0 Å². The summed E-state index contributed by atoms with van der Waals surface area (Å²) in [5.74, 6) is 1.34. The van der Waals surface area contributed by atoms with E-state index in [2.05, 4.69) is 15.3 Å². The largest absolute Gasteiger partial charge is 0.497 e. The fourth-order valence-corrected chi connectivity index (χ4v) is 2.01. The van der Waals surface area contributed by atoms with Gasteiger partial charge in [-0.05, 0) is 24.0 Å². The number of ether oxygens (including phenoxy) is 1. The van der Waals surface area contributed by atoms with Gasteiger partial charge in [0.25, 0.3) is 0 Å². The molecular formula is C14H15N3O2S. The van der Waals surface area contributed by atoms with Crippen LogP contribution >= 0.6 is 11.8 Å². The van der Waals surface area contributed by atoms with Crippen LogP contribution in [-0.2, 0) is 6.54 Å². The van der Waals surface area contributed by atoms with Gasteiger partial charge in [0.1, 0.15) is 11.6 Å². The number of aromatic nitrogens is 2. The Morgan fingerprint density at radius 2 is 2.30 bits per heavy atom. The smallest absolute Gasteiger partial charge is 0.189 e. The van der Waals surface area contributed by atoms with E-state index in [1.54, 1.807) is 7.11 Å². The van der Waals surface area contributed by atoms with Crippen LogP contribution in [0.3, 0.4) is 0 Å². The normalized spacial score (nSPS) is 10.1. The molecule has 0 bridgehead atoms. The number of rotatable bonds is 6. The van der Waals surface area contributed by atoms with Crippen molar-refractivity contribution in [3.63, 3.8) is 0 Å². The van der Waals surface area contributed by atoms with E-state index in [1.807, 2.05) is 30.5 Å². The molecule has 20 heavy (non-hydrogen) atoms. The summed E-state index contributed by atoms with van der Waals surface area (Å²) in [7, 11) is 1.63. The number of nitrogens with one attached hydrogen (secondary N) is 1. The third kappa shape index (κ3) is 3.48. The Bertz CT molecular complexity index is 605. The van der Waals surface area contributed by atoms with Crippen LogP contribution in [0.2, 0.25) is 0 Å². The number of aldehydes is 1. The Kier molecular flexibility index (Phi) is 4.95. The molecule has 104 valence electrons. The summed E-state index contributed by atoms with van der Waals surface area (Å²) >= 11 is 1.43. The number of benzene rings is 1. The maximum atomic E-state index is 11.0. The second-order valence-corrected chi connectivity index (χ2v) is 4.76. The second kappa shape index (κ2) is 6.91. The Labute approximate surface area is 121 Å². The fraction of sp³-hybridized carbons (Fsp3) is 0.214. The summed E-state index contributed by atoms with van der Waals surface area (Å²) < 4.78 is 5.18. The summed E-state index contributed by atoms with van der Waals surface area (Å²) in [5, 5.41) is 3.78. The van der Waals surface area contributed by atoms with Crippen LogP contribution < -0.4 is 10.1 Å². The van der Waals surface area contributed by atoms with Gasteiger partial charge in [0.15, 0.2) is 11.4 Å². The molecule has 2 aromatic rings. The molecule has 1 N–H and O–H groups in total. The Morgan fingerprint density at radius 1 is 1.45 bits per heavy atom. The van der Waals surface area contributed by atoms with Crippen LogP contribution in [0.1, 0.15) is 15.9 Å². The van der Waals surface area contributed by atoms with Gasteiger partial charge < -0.3 is 10.1 Å². The number of methoxy groups -OCH3 is 1. The van der Waals surface area contributed by atoms with Gasteiger partial charge in [0, 0.05) is 12.7 Å². The molecule has 0 fully saturated rings. The van der Waals surface area contributed by atoms with Gasteiger partial charge in [0.2, 0.25) is 0 Å². The van der Waals surface area contributed by atoms with Gasteiger partial charge in [0.05, 0.1) is 12.7 Å². The zero-order valence-electron chi connectivity index (χ0n) is 11.3. The van der Waals surface area contributed by atoms with Gasteiger partial charge in [-0.25, -0.2) is 9.97 Å². The number of carbonyl (C=O) groups is 1. The molecule has 0 aliphatic carbocycles. The summed E-state index contributed by atoms with van der Waals surface area (Å²) in [6.07, 6.45) is 4.17. The number of thioether (sulfide) groups is 1. The maximum Gasteiger partial charge on any atom is 0.189 e. The van der Waals surface area contributed by atoms with Crippen LogP contribution in [0.25, 0.3) is 0 Å². The van der Waals surface area contributed by atoms with Gasteiger partial charge in [-0.15, -0.1) is 0 Å². The van der Waals surface area contributed by atoms with E-state index in [0.717, 1.165) is 17.6 Å². The summed E-state index contributed by atoms with van der Waals surface area (Å²) in [6.45, 7) is 0.558. The highest BCUT2D eigenvalue weighted by Crippen LogP contribution is 2.17. The molecule has 0 aliphatic rings. The molecule has 6 heteroatoms. The minimum atomic E-state index is 0.450. The van der Waals surface area contributed by atoms with Gasteiger partial charge in [-0.1, -0.05) is 23.9 Å². The molecule has 0 radical (unpaired) electrons. The third-order valence-corrected chi connectivity index (χ3v) is 3.26. The highest BCUT2D eigenvalue weighted by Gasteiger charge is 2.06. The summed E-state index contributed by atoms with van der Waals surface area (Å²) in [4.78, 5) is 19.4. The van der Waals surface area contributed by atoms with Crippen molar-refractivity contribution < 1.29 is 9.53 Å². The van der Waals surface area contributed by atoms with Gasteiger partial charge in [-0.3, -0.25) is 4.79 Å². The molecule has 0 saturated carbocycles. The molecule has 1 heterocycles. The van der Waals surface area contributed by atoms with Crippen LogP contribution in [0, 0.1) is 0 Å². The highest BCUT2D eigenvalue weighted by molar-refractivity contribution is 7.98. The molecule has 0 saturated heterocycles. The van der Waals surface area contributed by atoms with Crippen molar-refractivity contribution in [2.45, 2.75) is 11.7 Å². The minimum Gasteiger partial charge on any atom is -0.497 e. The zero-order chi connectivity index (χ0) is 14.4. The minimum absolute atomic E-state index is 0.450. The van der Waals surface area contributed by atoms with Gasteiger partial charge >= 0.3 is 0 Å². The predicted molar refractivity (Wildman–Crippen MR) is 79.5 cm³/mol. The molecular weight excluding hydrogens is 274 g/mol. The van der Waals surface area contributed by atoms with Crippen molar-refractivity contribution in [2.24, 2.45) is 0 Å². The average molecular weight is 289 g/mol. The molecule has 0 spiro atoms. The van der Waals surface area contributed by atoms with E-state index in [4.69, 9.17) is 4.74 Å². The molecule has 0 atom stereocenters. The number of hydrogen-bond acceptors (Lipinski definition) is 6. The summed E-state index contributed by atoms with van der Waals surface area (Å²) in [6, 6.07) is 7.72. The molecule has 1 aromatic heterocycles. The molecule has 0 amide bonds. The van der Waals surface area contributed by atoms with E-state index in [9.17, 15) is 4.79 Å². The van der Waals surface area contributed by atoms with E-state index >= 15 is 0 Å². The lowest BCUT2D eigenvalue weighted by molar-refractivity contribution is 0.112. The standard InChI is InChI=1S/C14H15N3O2S/c1-19-12-5-3-4-10(6-12)7-15-13-11(9-18)8-16-14(17-13)20-2/h3-6,8-9H,7H2,1-2H3,(H,15,16,17). The van der Waals surface area contributed by atoms with E-state index in [-0.39, 0.29) is 0 Å². The Balaban J connectivity index is 2.14. The number of nitrogens with zero attached hydrogens (tertiary/aromatic N) is 2. The van der Waals surface area contributed by atoms with Crippen molar-refractivity contribution in [3.05, 3.63) is 41.6 Å². The first-order valence-electron chi connectivity index (χ1n) is 6.00. The lowest BCUT2D eigenvalue weighted by atomic mass is 10.2. The Morgan fingerprint density at radius 3 is 3.00 bits per heavy atom. The zero-order valence-corrected chi connectivity index (χ0v) is 12.1. The lowest BCUT2D eigenvalue weighted by Crippen LogP contribution is -2.06.